The van der Waals surface area contributed by atoms with Crippen LogP contribution in [-0.4, -0.2) is 36.2 Å². The number of ether oxygens (including phenoxy) is 1. The Morgan fingerprint density at radius 1 is 1.28 bits per heavy atom. The number of fused-ring (bicyclic) bond motifs is 1. The lowest BCUT2D eigenvalue weighted by atomic mass is 10.2. The van der Waals surface area contributed by atoms with E-state index >= 15 is 0 Å². The van der Waals surface area contributed by atoms with Crippen LogP contribution in [0, 0.1) is 10.1 Å². The van der Waals surface area contributed by atoms with Crippen LogP contribution in [0.3, 0.4) is 0 Å². The van der Waals surface area contributed by atoms with E-state index in [1.165, 1.54) is 0 Å². The van der Waals surface area contributed by atoms with Crippen molar-refractivity contribution in [3.8, 4) is 0 Å². The Hall–Kier alpha value is -2.08. The Balaban J connectivity index is 2.14. The third-order valence-corrected chi connectivity index (χ3v) is 3.17. The van der Waals surface area contributed by atoms with Crippen LogP contribution >= 0.6 is 0 Å². The lowest BCUT2D eigenvalue weighted by Crippen LogP contribution is -2.36. The molecule has 94 valence electrons. The minimum absolute atomic E-state index is 0.160. The molecule has 0 unspecified atom stereocenters. The third-order valence-electron chi connectivity index (χ3n) is 3.17. The van der Waals surface area contributed by atoms with Crippen molar-refractivity contribution in [2.24, 2.45) is 0 Å². The van der Waals surface area contributed by atoms with E-state index in [0.717, 1.165) is 5.52 Å². The molecule has 3 rings (SSSR count). The minimum Gasteiger partial charge on any atom is -0.378 e. The number of morpholine rings is 1. The van der Waals surface area contributed by atoms with Gasteiger partial charge in [-0.1, -0.05) is 12.1 Å². The van der Waals surface area contributed by atoms with Crippen LogP contribution < -0.4 is 4.90 Å². The van der Waals surface area contributed by atoms with E-state index in [1.807, 2.05) is 23.1 Å². The molecular formula is C12H13N3O3. The lowest BCUT2D eigenvalue weighted by molar-refractivity contribution is -0.382. The summed E-state index contributed by atoms with van der Waals surface area (Å²) in [7, 11) is 0. The predicted molar refractivity (Wildman–Crippen MR) is 68.0 cm³/mol. The first-order chi connectivity index (χ1) is 8.77. The summed E-state index contributed by atoms with van der Waals surface area (Å²) in [5.41, 5.74) is 0.957. The van der Waals surface area contributed by atoms with Crippen molar-refractivity contribution in [1.82, 2.24) is 4.98 Å². The molecule has 0 aliphatic carbocycles. The Morgan fingerprint density at radius 3 is 2.72 bits per heavy atom. The van der Waals surface area contributed by atoms with Gasteiger partial charge in [-0.25, -0.2) is 0 Å². The first-order valence-electron chi connectivity index (χ1n) is 5.85. The Morgan fingerprint density at radius 2 is 2.00 bits per heavy atom. The molecule has 2 aromatic rings. The maximum atomic E-state index is 11.3. The van der Waals surface area contributed by atoms with Crippen molar-refractivity contribution >= 4 is 22.4 Å². The number of para-hydroxylation sites is 1. The van der Waals surface area contributed by atoms with Gasteiger partial charge in [0.1, 0.15) is 0 Å². The van der Waals surface area contributed by atoms with Gasteiger partial charge in [-0.15, -0.1) is 0 Å². The summed E-state index contributed by atoms with van der Waals surface area (Å²) in [6.45, 7) is 2.56. The largest absolute Gasteiger partial charge is 0.378 e. The number of hydrogen-bond donors (Lipinski definition) is 1. The second-order valence-electron chi connectivity index (χ2n) is 4.22. The highest BCUT2D eigenvalue weighted by molar-refractivity contribution is 5.95. The maximum Gasteiger partial charge on any atom is 0.318 e. The molecule has 6 nitrogen and oxygen atoms in total. The molecule has 1 saturated heterocycles. The molecule has 1 aromatic carbocycles. The van der Waals surface area contributed by atoms with Crippen LogP contribution in [0.2, 0.25) is 0 Å². The summed E-state index contributed by atoms with van der Waals surface area (Å²) in [6, 6.07) is 7.30. The highest BCUT2D eigenvalue weighted by Crippen LogP contribution is 2.36. The minimum atomic E-state index is -0.316. The molecule has 0 saturated carbocycles. The number of hydrogen-bond acceptors (Lipinski definition) is 4. The zero-order chi connectivity index (χ0) is 12.5. The second-order valence-corrected chi connectivity index (χ2v) is 4.22. The van der Waals surface area contributed by atoms with Crippen LogP contribution in [0.25, 0.3) is 10.9 Å². The molecule has 6 heteroatoms. The Kier molecular flexibility index (Phi) is 2.64. The van der Waals surface area contributed by atoms with Crippen molar-refractivity contribution < 1.29 is 9.66 Å². The SMILES string of the molecule is O=[N+]([O-])c1c(N2CCOCC2)[nH]c2ccccc12. The van der Waals surface area contributed by atoms with Crippen molar-refractivity contribution in [2.75, 3.05) is 31.2 Å². The molecule has 0 amide bonds. The maximum absolute atomic E-state index is 11.3. The van der Waals surface area contributed by atoms with Crippen LogP contribution in [0.15, 0.2) is 24.3 Å². The summed E-state index contributed by atoms with van der Waals surface area (Å²) < 4.78 is 5.27. The molecule has 1 aliphatic heterocycles. The van der Waals surface area contributed by atoms with Crippen molar-refractivity contribution in [1.29, 1.82) is 0 Å². The van der Waals surface area contributed by atoms with Crippen molar-refractivity contribution in [3.63, 3.8) is 0 Å². The number of nitro groups is 1. The van der Waals surface area contributed by atoms with Crippen LogP contribution in [0.4, 0.5) is 11.5 Å². The van der Waals surface area contributed by atoms with Gasteiger partial charge >= 0.3 is 5.69 Å². The fourth-order valence-electron chi connectivity index (χ4n) is 2.31. The van der Waals surface area contributed by atoms with E-state index < -0.39 is 0 Å². The average Bonchev–Trinajstić information content (AvgIpc) is 2.79. The Bertz CT molecular complexity index is 587. The third kappa shape index (κ3) is 1.70. The number of nitrogens with zero attached hydrogens (tertiary/aromatic N) is 2. The van der Waals surface area contributed by atoms with E-state index in [-0.39, 0.29) is 10.6 Å². The van der Waals surface area contributed by atoms with E-state index in [4.69, 9.17) is 4.74 Å². The quantitative estimate of drug-likeness (QED) is 0.650. The molecule has 1 fully saturated rings. The number of nitrogens with one attached hydrogen (secondary N) is 1. The molecule has 0 atom stereocenters. The number of benzene rings is 1. The van der Waals surface area contributed by atoms with Gasteiger partial charge < -0.3 is 14.6 Å². The van der Waals surface area contributed by atoms with Gasteiger partial charge in [-0.05, 0) is 12.1 Å². The van der Waals surface area contributed by atoms with Gasteiger partial charge in [0, 0.05) is 13.1 Å². The van der Waals surface area contributed by atoms with E-state index in [2.05, 4.69) is 4.98 Å². The number of H-pyrrole nitrogens is 1. The summed E-state index contributed by atoms with van der Waals surface area (Å²) in [6.07, 6.45) is 0. The monoisotopic (exact) mass is 247 g/mol. The summed E-state index contributed by atoms with van der Waals surface area (Å²) in [5.74, 6) is 0.587. The zero-order valence-electron chi connectivity index (χ0n) is 9.76. The first kappa shape index (κ1) is 11.0. The Labute approximate surface area is 103 Å². The topological polar surface area (TPSA) is 71.4 Å². The first-order valence-corrected chi connectivity index (χ1v) is 5.85. The van der Waals surface area contributed by atoms with E-state index in [0.29, 0.717) is 37.5 Å². The van der Waals surface area contributed by atoms with Gasteiger partial charge in [0.2, 0.25) is 0 Å². The van der Waals surface area contributed by atoms with Gasteiger partial charge in [0.25, 0.3) is 0 Å². The standard InChI is InChI=1S/C12H13N3O3/c16-15(17)11-9-3-1-2-4-10(9)13-12(11)14-5-7-18-8-6-14/h1-4,13H,5-8H2. The number of aromatic amines is 1. The fraction of sp³-hybridized carbons (Fsp3) is 0.333. The highest BCUT2D eigenvalue weighted by atomic mass is 16.6. The van der Waals surface area contributed by atoms with Crippen molar-refractivity contribution in [2.45, 2.75) is 0 Å². The van der Waals surface area contributed by atoms with Crippen molar-refractivity contribution in [3.05, 3.63) is 34.4 Å². The smallest absolute Gasteiger partial charge is 0.318 e. The fourth-order valence-corrected chi connectivity index (χ4v) is 2.31. The van der Waals surface area contributed by atoms with E-state index in [9.17, 15) is 10.1 Å². The van der Waals surface area contributed by atoms with E-state index in [1.54, 1.807) is 6.07 Å². The summed E-state index contributed by atoms with van der Waals surface area (Å²) in [4.78, 5) is 16.1. The van der Waals surface area contributed by atoms with Gasteiger partial charge in [0.15, 0.2) is 5.82 Å². The molecule has 2 heterocycles. The number of anilines is 1. The average molecular weight is 247 g/mol. The predicted octanol–water partition coefficient (Wildman–Crippen LogP) is 1.91. The van der Waals surface area contributed by atoms with Crippen LogP contribution in [0.1, 0.15) is 0 Å². The van der Waals surface area contributed by atoms with Crippen LogP contribution in [0.5, 0.6) is 0 Å². The van der Waals surface area contributed by atoms with Gasteiger partial charge in [-0.2, -0.15) is 0 Å². The molecule has 0 spiro atoms. The number of aromatic nitrogens is 1. The second kappa shape index (κ2) is 4.30. The van der Waals surface area contributed by atoms with Crippen LogP contribution in [-0.2, 0) is 4.74 Å². The molecule has 1 aromatic heterocycles. The summed E-state index contributed by atoms with van der Waals surface area (Å²) >= 11 is 0. The van der Waals surface area contributed by atoms with Gasteiger partial charge in [-0.3, -0.25) is 10.1 Å². The molecule has 0 radical (unpaired) electrons. The zero-order valence-corrected chi connectivity index (χ0v) is 9.76. The number of rotatable bonds is 2. The molecule has 18 heavy (non-hydrogen) atoms. The highest BCUT2D eigenvalue weighted by Gasteiger charge is 2.26. The van der Waals surface area contributed by atoms with Gasteiger partial charge in [0.05, 0.1) is 29.0 Å². The molecule has 1 N–H and O–H groups in total. The molecule has 1 aliphatic rings. The lowest BCUT2D eigenvalue weighted by Gasteiger charge is -2.26. The molecular weight excluding hydrogens is 234 g/mol. The molecule has 0 bridgehead atoms. The normalized spacial score (nSPS) is 16.1. The summed E-state index contributed by atoms with van der Waals surface area (Å²) in [5, 5.41) is 11.9.